The average molecular weight is 359 g/mol. The van der Waals surface area contributed by atoms with Crippen molar-refractivity contribution < 1.29 is 43.2 Å². The number of nitrogens with zero attached hydrogens (tertiary/aromatic N) is 1. The first kappa shape index (κ1) is 18.2. The second kappa shape index (κ2) is 6.37. The summed E-state index contributed by atoms with van der Waals surface area (Å²) in [7, 11) is -4.58. The number of amides is 2. The molecule has 24 heavy (non-hydrogen) atoms. The molecule has 2 amide bonds. The van der Waals surface area contributed by atoms with Gasteiger partial charge in [0.15, 0.2) is 12.4 Å². The minimum atomic E-state index is -4.58. The number of benzene rings is 1. The smallest absolute Gasteiger partial charge is 0.276 e. The van der Waals surface area contributed by atoms with E-state index in [2.05, 4.69) is 0 Å². The number of imide groups is 1. The van der Waals surface area contributed by atoms with Crippen LogP contribution in [0.2, 0.25) is 0 Å². The number of carbonyl (C=O) groups excluding carboxylic acids is 3. The van der Waals surface area contributed by atoms with Crippen LogP contribution in [0.4, 0.5) is 0 Å². The number of aliphatic hydroxyl groups excluding tert-OH is 4. The SMILES string of the molecule is O=C[C@@H](O)[C@@H](O)[C@H](O)[C@H](O)C(=O)N1C(=O)c2ccccc2S1(=O)=O. The van der Waals surface area contributed by atoms with Gasteiger partial charge in [-0.15, -0.1) is 0 Å². The minimum Gasteiger partial charge on any atom is -0.387 e. The molecule has 0 aromatic heterocycles. The molecule has 0 unspecified atom stereocenters. The Hall–Kier alpha value is -2.18. The first-order chi connectivity index (χ1) is 11.1. The topological polar surface area (TPSA) is 170 Å². The Balaban J connectivity index is 2.34. The molecule has 1 aliphatic rings. The van der Waals surface area contributed by atoms with Gasteiger partial charge >= 0.3 is 0 Å². The molecule has 0 saturated carbocycles. The Kier molecular flexibility index (Phi) is 4.82. The molecule has 10 nitrogen and oxygen atoms in total. The molecular formula is C13H13NO9S. The van der Waals surface area contributed by atoms with E-state index in [1.165, 1.54) is 12.1 Å². The van der Waals surface area contributed by atoms with Crippen LogP contribution in [-0.4, -0.2) is 75.7 Å². The molecule has 0 saturated heterocycles. The zero-order valence-electron chi connectivity index (χ0n) is 11.9. The molecule has 4 atom stereocenters. The zero-order chi connectivity index (χ0) is 18.2. The second-order valence-electron chi connectivity index (χ2n) is 4.96. The zero-order valence-corrected chi connectivity index (χ0v) is 12.7. The van der Waals surface area contributed by atoms with Gasteiger partial charge in [-0.05, 0) is 12.1 Å². The molecule has 0 radical (unpaired) electrons. The Labute approximate surface area is 135 Å². The number of aldehydes is 1. The van der Waals surface area contributed by atoms with Crippen molar-refractivity contribution in [2.45, 2.75) is 29.3 Å². The van der Waals surface area contributed by atoms with Crippen molar-refractivity contribution in [1.29, 1.82) is 0 Å². The lowest BCUT2D eigenvalue weighted by molar-refractivity contribution is -0.152. The Bertz CT molecular complexity index is 790. The van der Waals surface area contributed by atoms with Gasteiger partial charge in [0.05, 0.1) is 5.56 Å². The summed E-state index contributed by atoms with van der Waals surface area (Å²) >= 11 is 0. The van der Waals surface area contributed by atoms with E-state index < -0.39 is 51.1 Å². The summed E-state index contributed by atoms with van der Waals surface area (Å²) < 4.78 is 24.3. The van der Waals surface area contributed by atoms with E-state index in [4.69, 9.17) is 5.11 Å². The number of hydrogen-bond donors (Lipinski definition) is 4. The quantitative estimate of drug-likeness (QED) is 0.400. The molecule has 0 bridgehead atoms. The van der Waals surface area contributed by atoms with Crippen molar-refractivity contribution in [3.05, 3.63) is 29.8 Å². The molecule has 1 aromatic carbocycles. The van der Waals surface area contributed by atoms with Crippen LogP contribution >= 0.6 is 0 Å². The highest BCUT2D eigenvalue weighted by molar-refractivity contribution is 7.90. The van der Waals surface area contributed by atoms with Crippen LogP contribution in [0.5, 0.6) is 0 Å². The molecule has 2 rings (SSSR count). The summed E-state index contributed by atoms with van der Waals surface area (Å²) in [6.07, 6.45) is -9.50. The highest BCUT2D eigenvalue weighted by Gasteiger charge is 2.49. The van der Waals surface area contributed by atoms with E-state index in [9.17, 15) is 38.1 Å². The van der Waals surface area contributed by atoms with Crippen LogP contribution in [0.3, 0.4) is 0 Å². The molecule has 4 N–H and O–H groups in total. The fourth-order valence-electron chi connectivity index (χ4n) is 2.14. The second-order valence-corrected chi connectivity index (χ2v) is 6.72. The van der Waals surface area contributed by atoms with Gasteiger partial charge < -0.3 is 25.2 Å². The van der Waals surface area contributed by atoms with Gasteiger partial charge in [-0.1, -0.05) is 12.1 Å². The number of sulfonamides is 1. The van der Waals surface area contributed by atoms with Gasteiger partial charge in [0.1, 0.15) is 23.2 Å². The lowest BCUT2D eigenvalue weighted by Gasteiger charge is -2.25. The van der Waals surface area contributed by atoms with Crippen LogP contribution in [0.15, 0.2) is 29.2 Å². The van der Waals surface area contributed by atoms with Crippen LogP contribution in [0.1, 0.15) is 10.4 Å². The monoisotopic (exact) mass is 359 g/mol. The van der Waals surface area contributed by atoms with Crippen molar-refractivity contribution >= 4 is 28.1 Å². The molecule has 0 aliphatic carbocycles. The molecule has 1 heterocycles. The number of hydrogen-bond acceptors (Lipinski definition) is 9. The van der Waals surface area contributed by atoms with E-state index in [1.54, 1.807) is 0 Å². The molecule has 0 spiro atoms. The summed E-state index contributed by atoms with van der Waals surface area (Å²) in [6.45, 7) is 0. The lowest BCUT2D eigenvalue weighted by atomic mass is 10.0. The normalized spacial score (nSPS) is 20.8. The van der Waals surface area contributed by atoms with Crippen molar-refractivity contribution in [2.75, 3.05) is 0 Å². The predicted molar refractivity (Wildman–Crippen MR) is 74.9 cm³/mol. The maximum absolute atomic E-state index is 12.2. The van der Waals surface area contributed by atoms with Gasteiger partial charge in [0.2, 0.25) is 0 Å². The first-order valence-corrected chi connectivity index (χ1v) is 7.98. The fourth-order valence-corrected chi connectivity index (χ4v) is 3.68. The maximum atomic E-state index is 12.2. The van der Waals surface area contributed by atoms with Gasteiger partial charge in [-0.25, -0.2) is 8.42 Å². The largest absolute Gasteiger partial charge is 0.387 e. The predicted octanol–water partition coefficient (Wildman–Crippen LogP) is -3.00. The van der Waals surface area contributed by atoms with E-state index in [-0.39, 0.29) is 16.2 Å². The van der Waals surface area contributed by atoms with Crippen molar-refractivity contribution in [2.24, 2.45) is 0 Å². The summed E-state index contributed by atoms with van der Waals surface area (Å²) in [5, 5.41) is 37.9. The highest BCUT2D eigenvalue weighted by Crippen LogP contribution is 2.30. The van der Waals surface area contributed by atoms with Gasteiger partial charge in [-0.3, -0.25) is 9.59 Å². The number of carbonyl (C=O) groups is 3. The lowest BCUT2D eigenvalue weighted by Crippen LogP contribution is -2.53. The molecule has 1 aromatic rings. The van der Waals surface area contributed by atoms with Crippen molar-refractivity contribution in [3.63, 3.8) is 0 Å². The summed E-state index contributed by atoms with van der Waals surface area (Å²) in [5.74, 6) is -2.95. The number of fused-ring (bicyclic) bond motifs is 1. The highest BCUT2D eigenvalue weighted by atomic mass is 32.2. The van der Waals surface area contributed by atoms with Crippen LogP contribution in [-0.2, 0) is 19.6 Å². The van der Waals surface area contributed by atoms with E-state index in [0.717, 1.165) is 12.1 Å². The van der Waals surface area contributed by atoms with E-state index in [1.807, 2.05) is 0 Å². The molecule has 11 heteroatoms. The van der Waals surface area contributed by atoms with Crippen molar-refractivity contribution in [1.82, 2.24) is 4.31 Å². The van der Waals surface area contributed by atoms with Crippen LogP contribution in [0, 0.1) is 0 Å². The van der Waals surface area contributed by atoms with Crippen LogP contribution < -0.4 is 0 Å². The summed E-state index contributed by atoms with van der Waals surface area (Å²) in [5.41, 5.74) is -0.291. The standard InChI is InChI=1S/C13H13NO9S/c15-5-7(16)9(17)10(18)11(19)13(21)14-12(20)6-3-1-2-4-8(6)24(14,22)23/h1-5,7,9-11,16-19H/t7-,9-,10+,11+/m1/s1. The number of aliphatic hydroxyl groups is 4. The third-order valence-corrected chi connectivity index (χ3v) is 5.17. The molecule has 130 valence electrons. The third-order valence-electron chi connectivity index (χ3n) is 3.44. The number of rotatable bonds is 5. The van der Waals surface area contributed by atoms with Crippen molar-refractivity contribution in [3.8, 4) is 0 Å². The summed E-state index contributed by atoms with van der Waals surface area (Å²) in [4.78, 5) is 34.1. The third kappa shape index (κ3) is 2.72. The molecule has 1 aliphatic heterocycles. The average Bonchev–Trinajstić information content (AvgIpc) is 2.78. The van der Waals surface area contributed by atoms with Gasteiger partial charge in [0, 0.05) is 0 Å². The van der Waals surface area contributed by atoms with E-state index in [0.29, 0.717) is 0 Å². The summed E-state index contributed by atoms with van der Waals surface area (Å²) in [6, 6.07) is 4.95. The minimum absolute atomic E-state index is 0.154. The maximum Gasteiger partial charge on any atom is 0.276 e. The Morgan fingerprint density at radius 2 is 1.67 bits per heavy atom. The van der Waals surface area contributed by atoms with Gasteiger partial charge in [-0.2, -0.15) is 4.31 Å². The van der Waals surface area contributed by atoms with Crippen LogP contribution in [0.25, 0.3) is 0 Å². The molecule has 0 fully saturated rings. The Morgan fingerprint density at radius 3 is 2.21 bits per heavy atom. The molecular weight excluding hydrogens is 346 g/mol. The Morgan fingerprint density at radius 1 is 1.08 bits per heavy atom. The van der Waals surface area contributed by atoms with Gasteiger partial charge in [0.25, 0.3) is 21.8 Å². The fraction of sp³-hybridized carbons (Fsp3) is 0.308. The van der Waals surface area contributed by atoms with E-state index >= 15 is 0 Å². The first-order valence-electron chi connectivity index (χ1n) is 6.54.